The highest BCUT2D eigenvalue weighted by atomic mass is 32.2. The van der Waals surface area contributed by atoms with Crippen molar-refractivity contribution >= 4 is 40.2 Å². The Bertz CT molecular complexity index is 900. The standard InChI is InChI=1S/C17H13N3O3S/c21-14(18-11-6-2-1-3-7-11)10-24-17-19-13-9-5-4-8-12(13)15(20-17)16(22)23/h1-9H,10H2,(H,18,21)(H,22,23). The maximum Gasteiger partial charge on any atom is 0.355 e. The highest BCUT2D eigenvalue weighted by Gasteiger charge is 2.14. The summed E-state index contributed by atoms with van der Waals surface area (Å²) in [6.45, 7) is 0. The summed E-state index contributed by atoms with van der Waals surface area (Å²) in [5.41, 5.74) is 1.18. The number of nitrogens with zero attached hydrogens (tertiary/aromatic N) is 2. The van der Waals surface area contributed by atoms with Gasteiger partial charge in [0.05, 0.1) is 11.3 Å². The lowest BCUT2D eigenvalue weighted by Crippen LogP contribution is -2.14. The van der Waals surface area contributed by atoms with E-state index < -0.39 is 5.97 Å². The smallest absolute Gasteiger partial charge is 0.355 e. The van der Waals surface area contributed by atoms with Crippen LogP contribution in [0.4, 0.5) is 5.69 Å². The van der Waals surface area contributed by atoms with Gasteiger partial charge < -0.3 is 10.4 Å². The number of nitrogens with one attached hydrogen (secondary N) is 1. The molecule has 1 aromatic heterocycles. The summed E-state index contributed by atoms with van der Waals surface area (Å²) in [6, 6.07) is 16.0. The van der Waals surface area contributed by atoms with Crippen molar-refractivity contribution in [3.63, 3.8) is 0 Å². The Hall–Kier alpha value is -2.93. The number of carboxylic acid groups (broad SMARTS) is 1. The molecule has 0 aliphatic heterocycles. The molecule has 0 saturated carbocycles. The number of carboxylic acids is 1. The van der Waals surface area contributed by atoms with Crippen molar-refractivity contribution in [3.8, 4) is 0 Å². The Balaban J connectivity index is 1.75. The van der Waals surface area contributed by atoms with Crippen LogP contribution >= 0.6 is 11.8 Å². The number of rotatable bonds is 5. The topological polar surface area (TPSA) is 92.2 Å². The molecule has 0 unspecified atom stereocenters. The van der Waals surface area contributed by atoms with Gasteiger partial charge in [0.15, 0.2) is 10.9 Å². The van der Waals surface area contributed by atoms with Gasteiger partial charge in [-0.3, -0.25) is 4.79 Å². The fourth-order valence-corrected chi connectivity index (χ4v) is 2.78. The Morgan fingerprint density at radius 1 is 1.00 bits per heavy atom. The first-order valence-corrected chi connectivity index (χ1v) is 8.10. The van der Waals surface area contributed by atoms with Crippen LogP contribution in [0.15, 0.2) is 59.8 Å². The van der Waals surface area contributed by atoms with Gasteiger partial charge in [0.1, 0.15) is 0 Å². The van der Waals surface area contributed by atoms with Crippen LogP contribution in [0.1, 0.15) is 10.5 Å². The molecular weight excluding hydrogens is 326 g/mol. The number of carbonyl (C=O) groups is 2. The van der Waals surface area contributed by atoms with E-state index in [1.54, 1.807) is 36.4 Å². The summed E-state index contributed by atoms with van der Waals surface area (Å²) in [4.78, 5) is 31.7. The van der Waals surface area contributed by atoms with E-state index in [9.17, 15) is 14.7 Å². The first-order chi connectivity index (χ1) is 11.6. The van der Waals surface area contributed by atoms with Crippen LogP contribution in [0.3, 0.4) is 0 Å². The Morgan fingerprint density at radius 2 is 1.71 bits per heavy atom. The average Bonchev–Trinajstić information content (AvgIpc) is 2.60. The number of aromatic nitrogens is 2. The van der Waals surface area contributed by atoms with Gasteiger partial charge in [-0.15, -0.1) is 0 Å². The minimum absolute atomic E-state index is 0.0634. The number of benzene rings is 2. The quantitative estimate of drug-likeness (QED) is 0.548. The van der Waals surface area contributed by atoms with Gasteiger partial charge in [0.2, 0.25) is 5.91 Å². The van der Waals surface area contributed by atoms with Crippen molar-refractivity contribution in [2.24, 2.45) is 0 Å². The molecule has 1 heterocycles. The lowest BCUT2D eigenvalue weighted by atomic mass is 10.2. The molecule has 0 aliphatic rings. The summed E-state index contributed by atoms with van der Waals surface area (Å²) < 4.78 is 0. The van der Waals surface area contributed by atoms with Crippen molar-refractivity contribution in [2.45, 2.75) is 5.16 Å². The molecule has 2 N–H and O–H groups in total. The first-order valence-electron chi connectivity index (χ1n) is 7.11. The molecule has 0 saturated heterocycles. The van der Waals surface area contributed by atoms with Gasteiger partial charge in [-0.2, -0.15) is 0 Å². The van der Waals surface area contributed by atoms with Crippen molar-refractivity contribution in [3.05, 3.63) is 60.3 Å². The van der Waals surface area contributed by atoms with Gasteiger partial charge in [-0.1, -0.05) is 48.2 Å². The summed E-state index contributed by atoms with van der Waals surface area (Å²) in [5.74, 6) is -1.24. The van der Waals surface area contributed by atoms with Crippen LogP contribution in [0, 0.1) is 0 Å². The Labute approximate surface area is 141 Å². The third-order valence-electron chi connectivity index (χ3n) is 3.18. The zero-order chi connectivity index (χ0) is 16.9. The van der Waals surface area contributed by atoms with E-state index in [1.165, 1.54) is 0 Å². The number of hydrogen-bond acceptors (Lipinski definition) is 5. The van der Waals surface area contributed by atoms with Gasteiger partial charge in [-0.25, -0.2) is 14.8 Å². The fourth-order valence-electron chi connectivity index (χ4n) is 2.13. The lowest BCUT2D eigenvalue weighted by Gasteiger charge is -2.06. The summed E-state index contributed by atoms with van der Waals surface area (Å²) >= 11 is 1.10. The van der Waals surface area contributed by atoms with E-state index >= 15 is 0 Å². The molecule has 3 aromatic rings. The summed E-state index contributed by atoms with van der Waals surface area (Å²) in [7, 11) is 0. The second-order valence-electron chi connectivity index (χ2n) is 4.88. The second-order valence-corrected chi connectivity index (χ2v) is 5.82. The van der Waals surface area contributed by atoms with Gasteiger partial charge in [0, 0.05) is 11.1 Å². The van der Waals surface area contributed by atoms with E-state index in [2.05, 4.69) is 15.3 Å². The molecule has 3 rings (SSSR count). The number of fused-ring (bicyclic) bond motifs is 1. The van der Waals surface area contributed by atoms with Crippen molar-refractivity contribution in [1.82, 2.24) is 9.97 Å². The predicted molar refractivity (Wildman–Crippen MR) is 92.3 cm³/mol. The molecule has 0 fully saturated rings. The number of para-hydroxylation sites is 2. The normalized spacial score (nSPS) is 10.5. The van der Waals surface area contributed by atoms with Gasteiger partial charge in [-0.05, 0) is 18.2 Å². The Kier molecular flexibility index (Phi) is 4.72. The Morgan fingerprint density at radius 3 is 2.46 bits per heavy atom. The van der Waals surface area contributed by atoms with Crippen LogP contribution in [0.5, 0.6) is 0 Å². The number of hydrogen-bond donors (Lipinski definition) is 2. The number of carbonyl (C=O) groups excluding carboxylic acids is 1. The highest BCUT2D eigenvalue weighted by Crippen LogP contribution is 2.21. The molecule has 6 nitrogen and oxygen atoms in total. The lowest BCUT2D eigenvalue weighted by molar-refractivity contribution is -0.113. The second kappa shape index (κ2) is 7.10. The van der Waals surface area contributed by atoms with Crippen LogP contribution in [0.2, 0.25) is 0 Å². The van der Waals surface area contributed by atoms with Crippen LogP contribution in [-0.2, 0) is 4.79 Å². The first kappa shape index (κ1) is 15.9. The third-order valence-corrected chi connectivity index (χ3v) is 4.02. The molecule has 2 aromatic carbocycles. The van der Waals surface area contributed by atoms with Crippen molar-refractivity contribution in [2.75, 3.05) is 11.1 Å². The number of amides is 1. The predicted octanol–water partition coefficient (Wildman–Crippen LogP) is 3.06. The summed E-state index contributed by atoms with van der Waals surface area (Å²) in [5, 5.41) is 12.8. The maximum absolute atomic E-state index is 12.0. The molecule has 0 spiro atoms. The average molecular weight is 339 g/mol. The molecule has 0 radical (unpaired) electrons. The minimum Gasteiger partial charge on any atom is -0.476 e. The van der Waals surface area contributed by atoms with Gasteiger partial charge >= 0.3 is 5.97 Å². The molecule has 0 bridgehead atoms. The van der Waals surface area contributed by atoms with E-state index in [-0.39, 0.29) is 22.5 Å². The fraction of sp³-hybridized carbons (Fsp3) is 0.0588. The largest absolute Gasteiger partial charge is 0.476 e. The van der Waals surface area contributed by atoms with E-state index in [1.807, 2.05) is 18.2 Å². The SMILES string of the molecule is O=C(CSc1nc(C(=O)O)c2ccccc2n1)Nc1ccccc1. The number of anilines is 1. The zero-order valence-electron chi connectivity index (χ0n) is 12.5. The monoisotopic (exact) mass is 339 g/mol. The molecule has 120 valence electrons. The van der Waals surface area contributed by atoms with E-state index in [0.717, 1.165) is 11.8 Å². The van der Waals surface area contributed by atoms with Crippen molar-refractivity contribution < 1.29 is 14.7 Å². The molecule has 7 heteroatoms. The van der Waals surface area contributed by atoms with E-state index in [0.29, 0.717) is 16.6 Å². The molecule has 0 atom stereocenters. The molecule has 24 heavy (non-hydrogen) atoms. The van der Waals surface area contributed by atoms with Crippen LogP contribution in [-0.4, -0.2) is 32.7 Å². The zero-order valence-corrected chi connectivity index (χ0v) is 13.3. The van der Waals surface area contributed by atoms with Gasteiger partial charge in [0.25, 0.3) is 0 Å². The number of thioether (sulfide) groups is 1. The molecule has 0 aliphatic carbocycles. The van der Waals surface area contributed by atoms with Crippen molar-refractivity contribution in [1.29, 1.82) is 0 Å². The van der Waals surface area contributed by atoms with Crippen LogP contribution < -0.4 is 5.32 Å². The highest BCUT2D eigenvalue weighted by molar-refractivity contribution is 7.99. The minimum atomic E-state index is -1.12. The summed E-state index contributed by atoms with van der Waals surface area (Å²) in [6.07, 6.45) is 0. The molecule has 1 amide bonds. The maximum atomic E-state index is 12.0. The van der Waals surface area contributed by atoms with E-state index in [4.69, 9.17) is 0 Å². The molecular formula is C17H13N3O3S. The number of aromatic carboxylic acids is 1. The van der Waals surface area contributed by atoms with Crippen LogP contribution in [0.25, 0.3) is 10.9 Å². The third kappa shape index (κ3) is 3.69.